The number of halogens is 2. The first-order valence-electron chi connectivity index (χ1n) is 7.78. The maximum absolute atomic E-state index is 2.52. The van der Waals surface area contributed by atoms with Crippen LogP contribution in [-0.4, -0.2) is 0 Å². The molecule has 0 aromatic carbocycles. The molecular formula is C18H26F2Zr. The molecule has 0 aromatic heterocycles. The third-order valence-corrected chi connectivity index (χ3v) is 9.31. The second-order valence-corrected chi connectivity index (χ2v) is 11.0. The largest absolute Gasteiger partial charge is 1.00 e. The zero-order valence-electron chi connectivity index (χ0n) is 13.1. The summed E-state index contributed by atoms with van der Waals surface area (Å²) in [6.07, 6.45) is 27.3. The minimum atomic E-state index is -0.571. The molecule has 0 saturated heterocycles. The molecule has 0 aliphatic heterocycles. The van der Waals surface area contributed by atoms with Gasteiger partial charge in [0, 0.05) is 0 Å². The number of rotatable bonds is 8. The van der Waals surface area contributed by atoms with Gasteiger partial charge in [0.15, 0.2) is 0 Å². The maximum atomic E-state index is 2.52. The molecule has 0 fully saturated rings. The maximum Gasteiger partial charge on any atom is -1.00 e. The van der Waals surface area contributed by atoms with Crippen LogP contribution in [0.15, 0.2) is 48.6 Å². The van der Waals surface area contributed by atoms with Crippen LogP contribution in [0.1, 0.15) is 52.4 Å². The standard InChI is InChI=1S/2C9H13.2FH.Zr/c2*1-2-3-6-9-7-4-5-8-9;;;/h2*4-5,7-8H,2-3,6H2,1H3;2*1H;/q;;;;+2/p-2. The Balaban J connectivity index is 0.00000200. The Kier molecular flexibility index (Phi) is 9.53. The predicted octanol–water partition coefficient (Wildman–Crippen LogP) is 0.0267. The van der Waals surface area contributed by atoms with Gasteiger partial charge in [0.25, 0.3) is 0 Å². The molecule has 116 valence electrons. The van der Waals surface area contributed by atoms with E-state index in [1.165, 1.54) is 38.5 Å². The Bertz CT molecular complexity index is 345. The van der Waals surface area contributed by atoms with Crippen molar-refractivity contribution < 1.29 is 32.6 Å². The van der Waals surface area contributed by atoms with Gasteiger partial charge in [-0.15, -0.1) is 0 Å². The molecular weight excluding hydrogens is 345 g/mol. The molecule has 0 nitrogen and oxygen atoms in total. The number of unbranched alkanes of at least 4 members (excludes halogenated alkanes) is 2. The van der Waals surface area contributed by atoms with Crippen molar-refractivity contribution in [3.05, 3.63) is 48.6 Å². The topological polar surface area (TPSA) is 0 Å². The van der Waals surface area contributed by atoms with E-state index in [0.717, 1.165) is 0 Å². The van der Waals surface area contributed by atoms with Gasteiger partial charge in [-0.05, 0) is 0 Å². The van der Waals surface area contributed by atoms with E-state index < -0.39 is 23.2 Å². The summed E-state index contributed by atoms with van der Waals surface area (Å²) < 4.78 is 0.957. The van der Waals surface area contributed by atoms with Gasteiger partial charge in [-0.2, -0.15) is 0 Å². The second-order valence-electron chi connectivity index (χ2n) is 5.85. The Hall–Kier alpha value is -0.297. The smallest absolute Gasteiger partial charge is 1.00 e. The quantitative estimate of drug-likeness (QED) is 0.565. The molecule has 0 bridgehead atoms. The molecule has 0 spiro atoms. The van der Waals surface area contributed by atoms with E-state index in [-0.39, 0.29) is 9.41 Å². The third-order valence-electron chi connectivity index (χ3n) is 4.15. The Morgan fingerprint density at radius 1 is 0.667 bits per heavy atom. The van der Waals surface area contributed by atoms with Crippen LogP contribution in [0.2, 0.25) is 6.25 Å². The van der Waals surface area contributed by atoms with Crippen LogP contribution in [0.5, 0.6) is 0 Å². The van der Waals surface area contributed by atoms with Crippen molar-refractivity contribution in [2.24, 2.45) is 0 Å². The van der Waals surface area contributed by atoms with Crippen LogP contribution >= 0.6 is 0 Å². The van der Waals surface area contributed by atoms with Crippen LogP contribution in [0, 0.1) is 0 Å². The zero-order valence-corrected chi connectivity index (χ0v) is 15.6. The number of hydrogen-bond acceptors (Lipinski definition) is 0. The molecule has 0 atom stereocenters. The monoisotopic (exact) mass is 370 g/mol. The first kappa shape index (κ1) is 20.7. The Morgan fingerprint density at radius 3 is 1.29 bits per heavy atom. The van der Waals surface area contributed by atoms with Crippen molar-refractivity contribution >= 4 is 0 Å². The zero-order chi connectivity index (χ0) is 13.6. The van der Waals surface area contributed by atoms with Crippen LogP contribution in [0.3, 0.4) is 0 Å². The molecule has 2 rings (SSSR count). The summed E-state index contributed by atoms with van der Waals surface area (Å²) in [6.45, 7) is 4.62. The molecule has 0 N–H and O–H groups in total. The van der Waals surface area contributed by atoms with Crippen LogP contribution in [-0.2, 0) is 23.2 Å². The average molecular weight is 372 g/mol. The third kappa shape index (κ3) is 5.44. The second kappa shape index (κ2) is 9.67. The number of allylic oxidation sites excluding steroid dienone is 8. The molecule has 0 aromatic rings. The van der Waals surface area contributed by atoms with E-state index in [4.69, 9.17) is 0 Å². The van der Waals surface area contributed by atoms with Crippen molar-refractivity contribution in [1.29, 1.82) is 0 Å². The molecule has 0 radical (unpaired) electrons. The molecule has 0 saturated carbocycles. The van der Waals surface area contributed by atoms with Crippen molar-refractivity contribution in [1.82, 2.24) is 0 Å². The van der Waals surface area contributed by atoms with Gasteiger partial charge in [0.2, 0.25) is 0 Å². The normalized spacial score (nSPS) is 19.1. The summed E-state index contributed by atoms with van der Waals surface area (Å²) in [7, 11) is 0. The van der Waals surface area contributed by atoms with Crippen molar-refractivity contribution in [3.8, 4) is 0 Å². The predicted molar refractivity (Wildman–Crippen MR) is 81.0 cm³/mol. The fraction of sp³-hybridized carbons (Fsp3) is 0.556. The minimum absolute atomic E-state index is 0. The molecule has 21 heavy (non-hydrogen) atoms. The summed E-state index contributed by atoms with van der Waals surface area (Å²) in [4.78, 5) is 0. The van der Waals surface area contributed by atoms with Gasteiger partial charge in [-0.3, -0.25) is 0 Å². The number of hydrogen-bond donors (Lipinski definition) is 0. The van der Waals surface area contributed by atoms with E-state index in [0.29, 0.717) is 6.25 Å². The fourth-order valence-corrected chi connectivity index (χ4v) is 8.40. The summed E-state index contributed by atoms with van der Waals surface area (Å²) in [5.74, 6) is 0. The van der Waals surface area contributed by atoms with E-state index in [9.17, 15) is 0 Å². The molecule has 3 heteroatoms. The first-order valence-corrected chi connectivity index (χ1v) is 10.2. The van der Waals surface area contributed by atoms with Crippen molar-refractivity contribution in [2.75, 3.05) is 0 Å². The molecule has 2 aliphatic rings. The first-order chi connectivity index (χ1) is 9.24. The van der Waals surface area contributed by atoms with E-state index in [1.807, 2.05) is 0 Å². The van der Waals surface area contributed by atoms with Gasteiger partial charge in [0.1, 0.15) is 0 Å². The Morgan fingerprint density at radius 2 is 1.00 bits per heavy atom. The average Bonchev–Trinajstić information content (AvgIpc) is 3.05. The van der Waals surface area contributed by atoms with Gasteiger partial charge in [0.05, 0.1) is 0 Å². The fourth-order valence-electron chi connectivity index (χ4n) is 3.02. The summed E-state index contributed by atoms with van der Waals surface area (Å²) in [6, 6.07) is 0. The summed E-state index contributed by atoms with van der Waals surface area (Å²) >= 11 is -0.571. The van der Waals surface area contributed by atoms with Crippen LogP contribution in [0.4, 0.5) is 0 Å². The summed E-state index contributed by atoms with van der Waals surface area (Å²) in [5.41, 5.74) is 0. The molecule has 2 aliphatic carbocycles. The van der Waals surface area contributed by atoms with Gasteiger partial charge in [-0.1, -0.05) is 0 Å². The van der Waals surface area contributed by atoms with Gasteiger partial charge < -0.3 is 9.41 Å². The summed E-state index contributed by atoms with van der Waals surface area (Å²) in [5, 5.41) is 0. The SMILES string of the molecule is CCCC[C]1([Zr+2][C]2(CCCC)C=CC=C2)C=CC=C1.[F-].[F-]. The Labute approximate surface area is 139 Å². The van der Waals surface area contributed by atoms with Crippen LogP contribution < -0.4 is 9.41 Å². The minimum Gasteiger partial charge on any atom is -1.00 e. The van der Waals surface area contributed by atoms with Crippen LogP contribution in [0.25, 0.3) is 0 Å². The molecule has 0 heterocycles. The van der Waals surface area contributed by atoms with Gasteiger partial charge in [-0.25, -0.2) is 0 Å². The molecule has 0 unspecified atom stereocenters. The van der Waals surface area contributed by atoms with Gasteiger partial charge >= 0.3 is 130 Å². The van der Waals surface area contributed by atoms with E-state index in [1.54, 1.807) is 0 Å². The van der Waals surface area contributed by atoms with Crippen molar-refractivity contribution in [3.63, 3.8) is 0 Å². The van der Waals surface area contributed by atoms with Crippen molar-refractivity contribution in [2.45, 2.75) is 58.6 Å². The van der Waals surface area contributed by atoms with E-state index in [2.05, 4.69) is 62.5 Å². The van der Waals surface area contributed by atoms with E-state index >= 15 is 0 Å². The molecule has 0 amide bonds.